The Morgan fingerprint density at radius 3 is 3.00 bits per heavy atom. The van der Waals surface area contributed by atoms with Gasteiger partial charge >= 0.3 is 5.69 Å². The highest BCUT2D eigenvalue weighted by Gasteiger charge is 2.50. The molecule has 2 saturated heterocycles. The SMILES string of the molecule is C=C1CO[C@@H]2[C@H]1[C@H](n1ccc(=O)[nH]c1=O)O[C@@H]2CO. The molecule has 7 heteroatoms. The Morgan fingerprint density at radius 1 is 1.53 bits per heavy atom. The molecule has 0 spiro atoms. The minimum Gasteiger partial charge on any atom is -0.394 e. The van der Waals surface area contributed by atoms with Gasteiger partial charge in [-0.15, -0.1) is 0 Å². The number of hydrogen-bond acceptors (Lipinski definition) is 5. The van der Waals surface area contributed by atoms with Crippen molar-refractivity contribution in [1.82, 2.24) is 9.55 Å². The number of aliphatic hydroxyl groups is 1. The van der Waals surface area contributed by atoms with E-state index in [9.17, 15) is 14.7 Å². The van der Waals surface area contributed by atoms with Gasteiger partial charge in [-0.05, 0) is 5.57 Å². The number of H-pyrrole nitrogens is 1. The summed E-state index contributed by atoms with van der Waals surface area (Å²) >= 11 is 0. The van der Waals surface area contributed by atoms with Crippen molar-refractivity contribution < 1.29 is 14.6 Å². The van der Waals surface area contributed by atoms with E-state index in [0.29, 0.717) is 6.61 Å². The highest BCUT2D eigenvalue weighted by atomic mass is 16.6. The van der Waals surface area contributed by atoms with E-state index in [2.05, 4.69) is 11.6 Å². The number of aliphatic hydroxyl groups excluding tert-OH is 1. The average molecular weight is 266 g/mol. The molecule has 1 aromatic heterocycles. The Morgan fingerprint density at radius 2 is 2.32 bits per heavy atom. The molecule has 7 nitrogen and oxygen atoms in total. The first-order valence-corrected chi connectivity index (χ1v) is 5.99. The Kier molecular flexibility index (Phi) is 2.89. The molecule has 0 aromatic carbocycles. The van der Waals surface area contributed by atoms with Crippen LogP contribution in [0.15, 0.2) is 34.0 Å². The summed E-state index contributed by atoms with van der Waals surface area (Å²) in [7, 11) is 0. The molecule has 2 fully saturated rings. The van der Waals surface area contributed by atoms with E-state index in [1.165, 1.54) is 16.8 Å². The quantitative estimate of drug-likeness (QED) is 0.669. The third-order valence-electron chi connectivity index (χ3n) is 3.58. The minimum absolute atomic E-state index is 0.191. The number of aromatic amines is 1. The van der Waals surface area contributed by atoms with Crippen LogP contribution in [-0.4, -0.2) is 40.1 Å². The molecule has 3 heterocycles. The number of fused-ring (bicyclic) bond motifs is 1. The predicted octanol–water partition coefficient (Wildman–Crippen LogP) is -1.00. The molecular formula is C12H14N2O5. The molecule has 3 rings (SSSR count). The molecule has 0 unspecified atom stereocenters. The van der Waals surface area contributed by atoms with Crippen molar-refractivity contribution >= 4 is 0 Å². The van der Waals surface area contributed by atoms with Crippen LogP contribution < -0.4 is 11.2 Å². The summed E-state index contributed by atoms with van der Waals surface area (Å²) in [6.07, 6.45) is -0.0234. The van der Waals surface area contributed by atoms with E-state index in [1.54, 1.807) is 0 Å². The summed E-state index contributed by atoms with van der Waals surface area (Å²) < 4.78 is 12.5. The van der Waals surface area contributed by atoms with Gasteiger partial charge in [-0.25, -0.2) is 4.79 Å². The lowest BCUT2D eigenvalue weighted by atomic mass is 9.95. The fourth-order valence-corrected chi connectivity index (χ4v) is 2.69. The molecule has 0 saturated carbocycles. The highest BCUT2D eigenvalue weighted by molar-refractivity contribution is 5.15. The van der Waals surface area contributed by atoms with E-state index in [1.807, 2.05) is 0 Å². The maximum absolute atomic E-state index is 11.8. The molecule has 1 aromatic rings. The second-order valence-corrected chi connectivity index (χ2v) is 4.72. The van der Waals surface area contributed by atoms with Gasteiger partial charge in [0.15, 0.2) is 0 Å². The number of aromatic nitrogens is 2. The second-order valence-electron chi connectivity index (χ2n) is 4.72. The van der Waals surface area contributed by atoms with Gasteiger partial charge in [0.05, 0.1) is 25.2 Å². The maximum Gasteiger partial charge on any atom is 0.330 e. The van der Waals surface area contributed by atoms with Gasteiger partial charge in [-0.3, -0.25) is 14.3 Å². The van der Waals surface area contributed by atoms with Gasteiger partial charge in [-0.2, -0.15) is 0 Å². The standard InChI is InChI=1S/C12H14N2O5/c1-6-5-18-10-7(4-15)19-11(9(6)10)14-3-2-8(16)13-12(14)17/h2-3,7,9-11,15H,1,4-5H2,(H,13,16,17)/t7-,9+,10+,11-/m1/s1. The summed E-state index contributed by atoms with van der Waals surface area (Å²) in [5.74, 6) is -0.194. The first-order chi connectivity index (χ1) is 9.11. The van der Waals surface area contributed by atoms with Crippen LogP contribution in [0.25, 0.3) is 0 Å². The van der Waals surface area contributed by atoms with Gasteiger partial charge in [0.1, 0.15) is 12.3 Å². The van der Waals surface area contributed by atoms with Crippen LogP contribution in [0.4, 0.5) is 0 Å². The number of nitrogens with one attached hydrogen (secondary N) is 1. The first kappa shape index (κ1) is 12.3. The Labute approximate surface area is 108 Å². The Bertz CT molecular complexity index is 619. The normalized spacial score (nSPS) is 33.6. The maximum atomic E-state index is 11.8. The van der Waals surface area contributed by atoms with Crippen LogP contribution in [0.2, 0.25) is 0 Å². The third kappa shape index (κ3) is 1.86. The van der Waals surface area contributed by atoms with Crippen molar-refractivity contribution in [3.63, 3.8) is 0 Å². The van der Waals surface area contributed by atoms with E-state index in [4.69, 9.17) is 9.47 Å². The lowest BCUT2D eigenvalue weighted by molar-refractivity contribution is -0.0615. The summed E-state index contributed by atoms with van der Waals surface area (Å²) in [4.78, 5) is 25.1. The van der Waals surface area contributed by atoms with Gasteiger partial charge < -0.3 is 14.6 Å². The van der Waals surface area contributed by atoms with Crippen LogP contribution in [0.3, 0.4) is 0 Å². The first-order valence-electron chi connectivity index (χ1n) is 5.99. The van der Waals surface area contributed by atoms with Crippen LogP contribution in [0.1, 0.15) is 6.23 Å². The van der Waals surface area contributed by atoms with Gasteiger partial charge in [0, 0.05) is 12.3 Å². The molecule has 2 N–H and O–H groups in total. The molecular weight excluding hydrogens is 252 g/mol. The zero-order valence-corrected chi connectivity index (χ0v) is 10.1. The molecule has 2 aliphatic rings. The number of hydrogen-bond donors (Lipinski definition) is 2. The van der Waals surface area contributed by atoms with Crippen molar-refractivity contribution in [3.8, 4) is 0 Å². The van der Waals surface area contributed by atoms with Crippen molar-refractivity contribution in [2.45, 2.75) is 18.4 Å². The molecule has 2 aliphatic heterocycles. The van der Waals surface area contributed by atoms with Crippen LogP contribution in [-0.2, 0) is 9.47 Å². The predicted molar refractivity (Wildman–Crippen MR) is 64.7 cm³/mol. The summed E-state index contributed by atoms with van der Waals surface area (Å²) in [5.41, 5.74) is -0.186. The molecule has 102 valence electrons. The molecule has 0 aliphatic carbocycles. The van der Waals surface area contributed by atoms with E-state index in [0.717, 1.165) is 5.57 Å². The van der Waals surface area contributed by atoms with Crippen molar-refractivity contribution in [2.24, 2.45) is 5.92 Å². The fourth-order valence-electron chi connectivity index (χ4n) is 2.69. The van der Waals surface area contributed by atoms with Crippen LogP contribution in [0, 0.1) is 5.92 Å². The number of nitrogens with zero attached hydrogens (tertiary/aromatic N) is 1. The molecule has 0 amide bonds. The molecule has 0 radical (unpaired) electrons. The Hall–Kier alpha value is -1.70. The van der Waals surface area contributed by atoms with E-state index < -0.39 is 23.6 Å². The monoisotopic (exact) mass is 266 g/mol. The number of ether oxygens (including phenoxy) is 2. The summed E-state index contributed by atoms with van der Waals surface area (Å²) in [6, 6.07) is 1.25. The average Bonchev–Trinajstić information content (AvgIpc) is 2.91. The van der Waals surface area contributed by atoms with Gasteiger partial charge in [0.2, 0.25) is 0 Å². The van der Waals surface area contributed by atoms with Gasteiger partial charge in [-0.1, -0.05) is 6.58 Å². The highest BCUT2D eigenvalue weighted by Crippen LogP contribution is 2.43. The van der Waals surface area contributed by atoms with Crippen LogP contribution >= 0.6 is 0 Å². The van der Waals surface area contributed by atoms with Gasteiger partial charge in [0.25, 0.3) is 5.56 Å². The Balaban J connectivity index is 2.02. The zero-order valence-electron chi connectivity index (χ0n) is 10.1. The number of rotatable bonds is 2. The third-order valence-corrected chi connectivity index (χ3v) is 3.58. The van der Waals surface area contributed by atoms with Crippen molar-refractivity contribution in [2.75, 3.05) is 13.2 Å². The molecule has 4 atom stereocenters. The molecule has 19 heavy (non-hydrogen) atoms. The van der Waals surface area contributed by atoms with Crippen molar-refractivity contribution in [1.29, 1.82) is 0 Å². The smallest absolute Gasteiger partial charge is 0.330 e. The van der Waals surface area contributed by atoms with E-state index >= 15 is 0 Å². The van der Waals surface area contributed by atoms with Crippen LogP contribution in [0.5, 0.6) is 0 Å². The summed E-state index contributed by atoms with van der Waals surface area (Å²) in [5, 5.41) is 9.30. The summed E-state index contributed by atoms with van der Waals surface area (Å²) in [6.45, 7) is 4.12. The topological polar surface area (TPSA) is 93.6 Å². The lowest BCUT2D eigenvalue weighted by Crippen LogP contribution is -2.34. The van der Waals surface area contributed by atoms with Crippen molar-refractivity contribution in [3.05, 3.63) is 45.3 Å². The van der Waals surface area contributed by atoms with E-state index in [-0.39, 0.29) is 18.6 Å². The largest absolute Gasteiger partial charge is 0.394 e. The lowest BCUT2D eigenvalue weighted by Gasteiger charge is -2.19. The minimum atomic E-state index is -0.610. The molecule has 0 bridgehead atoms. The second kappa shape index (κ2) is 4.44. The fraction of sp³-hybridized carbons (Fsp3) is 0.500. The zero-order chi connectivity index (χ0) is 13.6.